The van der Waals surface area contributed by atoms with Crippen molar-refractivity contribution in [3.63, 3.8) is 0 Å². The highest BCUT2D eigenvalue weighted by atomic mass is 16.5. The molecule has 0 aliphatic carbocycles. The molecule has 2 unspecified atom stereocenters. The first-order chi connectivity index (χ1) is 10.5. The Balaban J connectivity index is 2.01. The van der Waals surface area contributed by atoms with E-state index in [1.165, 1.54) is 7.11 Å². The van der Waals surface area contributed by atoms with Crippen LogP contribution in [0.5, 0.6) is 5.75 Å². The topological polar surface area (TPSA) is 81.9 Å². The molecule has 2 atom stereocenters. The lowest BCUT2D eigenvalue weighted by Crippen LogP contribution is -2.40. The Morgan fingerprint density at radius 2 is 2.14 bits per heavy atom. The second-order valence-electron chi connectivity index (χ2n) is 5.48. The molecule has 2 N–H and O–H groups in total. The fourth-order valence-electron chi connectivity index (χ4n) is 2.55. The van der Waals surface area contributed by atoms with E-state index in [1.54, 1.807) is 11.8 Å². The number of rotatable bonds is 4. The van der Waals surface area contributed by atoms with Gasteiger partial charge < -0.3 is 20.1 Å². The molecule has 0 saturated heterocycles. The molecule has 6 nitrogen and oxygen atoms in total. The van der Waals surface area contributed by atoms with Gasteiger partial charge in [-0.05, 0) is 12.5 Å². The molecule has 1 aliphatic rings. The number of hydrogen-bond donors (Lipinski definition) is 1. The maximum absolute atomic E-state index is 12.6. The fourth-order valence-corrected chi connectivity index (χ4v) is 2.55. The standard InChI is InChI=1S/C16H22N2O4/c1-11(9-13(17)16(20)21-2)15(19)18-7-8-22-14-6-4-3-5-12(14)10-18/h3-6,11,13H,7-10,17H2,1-2H3. The van der Waals surface area contributed by atoms with Gasteiger partial charge in [-0.1, -0.05) is 25.1 Å². The third-order valence-corrected chi connectivity index (χ3v) is 3.80. The Morgan fingerprint density at radius 3 is 2.86 bits per heavy atom. The van der Waals surface area contributed by atoms with Crippen LogP contribution in [0.3, 0.4) is 0 Å². The largest absolute Gasteiger partial charge is 0.491 e. The number of methoxy groups -OCH3 is 1. The van der Waals surface area contributed by atoms with Crippen LogP contribution >= 0.6 is 0 Å². The average Bonchev–Trinajstić information content (AvgIpc) is 2.75. The molecule has 0 aromatic heterocycles. The summed E-state index contributed by atoms with van der Waals surface area (Å²) in [6, 6.07) is 6.91. The summed E-state index contributed by atoms with van der Waals surface area (Å²) in [4.78, 5) is 25.7. The van der Waals surface area contributed by atoms with Crippen molar-refractivity contribution in [3.8, 4) is 5.75 Å². The number of carbonyl (C=O) groups excluding carboxylic acids is 2. The second-order valence-corrected chi connectivity index (χ2v) is 5.48. The summed E-state index contributed by atoms with van der Waals surface area (Å²) >= 11 is 0. The molecule has 1 aromatic carbocycles. The minimum Gasteiger partial charge on any atom is -0.491 e. The SMILES string of the molecule is COC(=O)C(N)CC(C)C(=O)N1CCOc2ccccc2C1. The molecule has 0 saturated carbocycles. The number of amides is 1. The first kappa shape index (κ1) is 16.3. The molecular weight excluding hydrogens is 284 g/mol. The van der Waals surface area contributed by atoms with Gasteiger partial charge in [-0.2, -0.15) is 0 Å². The molecule has 1 amide bonds. The quantitative estimate of drug-likeness (QED) is 0.837. The molecule has 6 heteroatoms. The van der Waals surface area contributed by atoms with Gasteiger partial charge in [0.2, 0.25) is 5.91 Å². The van der Waals surface area contributed by atoms with E-state index in [2.05, 4.69) is 4.74 Å². The van der Waals surface area contributed by atoms with Crippen LogP contribution in [0.25, 0.3) is 0 Å². The predicted octanol–water partition coefficient (Wildman–Crippen LogP) is 0.934. The number of esters is 1. The second kappa shape index (κ2) is 7.26. The van der Waals surface area contributed by atoms with E-state index in [0.29, 0.717) is 19.7 Å². The molecule has 120 valence electrons. The molecule has 0 spiro atoms. The molecule has 1 aliphatic heterocycles. The van der Waals surface area contributed by atoms with E-state index in [-0.39, 0.29) is 18.2 Å². The zero-order valence-electron chi connectivity index (χ0n) is 13.0. The van der Waals surface area contributed by atoms with Crippen LogP contribution < -0.4 is 10.5 Å². The normalized spacial score (nSPS) is 16.8. The lowest BCUT2D eigenvalue weighted by Gasteiger charge is -2.24. The Kier molecular flexibility index (Phi) is 5.38. The number of hydrogen-bond acceptors (Lipinski definition) is 5. The fraction of sp³-hybridized carbons (Fsp3) is 0.500. The number of para-hydroxylation sites is 1. The minimum absolute atomic E-state index is 0.0281. The van der Waals surface area contributed by atoms with Crippen LogP contribution in [-0.2, 0) is 20.9 Å². The van der Waals surface area contributed by atoms with E-state index >= 15 is 0 Å². The first-order valence-corrected chi connectivity index (χ1v) is 7.35. The number of nitrogens with two attached hydrogens (primary N) is 1. The smallest absolute Gasteiger partial charge is 0.322 e. The van der Waals surface area contributed by atoms with Gasteiger partial charge in [0.25, 0.3) is 0 Å². The maximum Gasteiger partial charge on any atom is 0.322 e. The van der Waals surface area contributed by atoms with Crippen LogP contribution in [0.2, 0.25) is 0 Å². The summed E-state index contributed by atoms with van der Waals surface area (Å²) in [7, 11) is 1.29. The summed E-state index contributed by atoms with van der Waals surface area (Å²) < 4.78 is 10.2. The molecule has 2 rings (SSSR count). The van der Waals surface area contributed by atoms with Crippen molar-refractivity contribution in [1.29, 1.82) is 0 Å². The highest BCUT2D eigenvalue weighted by Crippen LogP contribution is 2.23. The van der Waals surface area contributed by atoms with Crippen LogP contribution in [0.4, 0.5) is 0 Å². The zero-order valence-corrected chi connectivity index (χ0v) is 13.0. The molecule has 0 bridgehead atoms. The minimum atomic E-state index is -0.778. The van der Waals surface area contributed by atoms with Gasteiger partial charge in [0.15, 0.2) is 0 Å². The van der Waals surface area contributed by atoms with Gasteiger partial charge in [0, 0.05) is 18.0 Å². The number of carbonyl (C=O) groups is 2. The van der Waals surface area contributed by atoms with Crippen molar-refractivity contribution in [2.75, 3.05) is 20.3 Å². The van der Waals surface area contributed by atoms with Crippen LogP contribution in [0.15, 0.2) is 24.3 Å². The Bertz CT molecular complexity index is 547. The van der Waals surface area contributed by atoms with Gasteiger partial charge >= 0.3 is 5.97 Å². The zero-order chi connectivity index (χ0) is 16.1. The number of ether oxygens (including phenoxy) is 2. The van der Waals surface area contributed by atoms with Crippen molar-refractivity contribution < 1.29 is 19.1 Å². The lowest BCUT2D eigenvalue weighted by molar-refractivity contribution is -0.143. The first-order valence-electron chi connectivity index (χ1n) is 7.35. The summed E-state index contributed by atoms with van der Waals surface area (Å²) in [5.41, 5.74) is 6.72. The average molecular weight is 306 g/mol. The number of nitrogens with zero attached hydrogens (tertiary/aromatic N) is 1. The van der Waals surface area contributed by atoms with Crippen LogP contribution in [-0.4, -0.2) is 43.1 Å². The van der Waals surface area contributed by atoms with E-state index in [1.807, 2.05) is 24.3 Å². The van der Waals surface area contributed by atoms with E-state index in [0.717, 1.165) is 11.3 Å². The Labute approximate surface area is 130 Å². The molecule has 1 heterocycles. The van der Waals surface area contributed by atoms with Crippen LogP contribution in [0, 0.1) is 5.92 Å². The summed E-state index contributed by atoms with van der Waals surface area (Å²) in [5.74, 6) is -0.0556. The van der Waals surface area contributed by atoms with E-state index < -0.39 is 12.0 Å². The number of benzene rings is 1. The summed E-state index contributed by atoms with van der Waals surface area (Å²) in [6.45, 7) is 3.26. The third kappa shape index (κ3) is 3.76. The van der Waals surface area contributed by atoms with E-state index in [9.17, 15) is 9.59 Å². The molecule has 1 aromatic rings. The van der Waals surface area contributed by atoms with Crippen molar-refractivity contribution in [1.82, 2.24) is 4.90 Å². The monoisotopic (exact) mass is 306 g/mol. The van der Waals surface area contributed by atoms with Gasteiger partial charge in [-0.3, -0.25) is 9.59 Å². The van der Waals surface area contributed by atoms with Gasteiger partial charge in [0.05, 0.1) is 13.7 Å². The van der Waals surface area contributed by atoms with Crippen molar-refractivity contribution >= 4 is 11.9 Å². The highest BCUT2D eigenvalue weighted by molar-refractivity contribution is 5.81. The molecule has 0 fully saturated rings. The van der Waals surface area contributed by atoms with E-state index in [4.69, 9.17) is 10.5 Å². The predicted molar refractivity (Wildman–Crippen MR) is 81.1 cm³/mol. The van der Waals surface area contributed by atoms with Gasteiger partial charge in [-0.25, -0.2) is 0 Å². The Morgan fingerprint density at radius 1 is 1.41 bits per heavy atom. The molecule has 22 heavy (non-hydrogen) atoms. The molecule has 0 radical (unpaired) electrons. The molecular formula is C16H22N2O4. The highest BCUT2D eigenvalue weighted by Gasteiger charge is 2.27. The van der Waals surface area contributed by atoms with Crippen LogP contribution in [0.1, 0.15) is 18.9 Å². The third-order valence-electron chi connectivity index (χ3n) is 3.80. The Hall–Kier alpha value is -2.08. The van der Waals surface area contributed by atoms with Crippen molar-refractivity contribution in [2.24, 2.45) is 11.7 Å². The maximum atomic E-state index is 12.6. The van der Waals surface area contributed by atoms with Gasteiger partial charge in [0.1, 0.15) is 18.4 Å². The van der Waals surface area contributed by atoms with Gasteiger partial charge in [-0.15, -0.1) is 0 Å². The summed E-state index contributed by atoms with van der Waals surface area (Å²) in [6.07, 6.45) is 0.268. The van der Waals surface area contributed by atoms with Crippen molar-refractivity contribution in [3.05, 3.63) is 29.8 Å². The lowest BCUT2D eigenvalue weighted by atomic mass is 10.0. The summed E-state index contributed by atoms with van der Waals surface area (Å²) in [5, 5.41) is 0. The number of fused-ring (bicyclic) bond motifs is 1. The van der Waals surface area contributed by atoms with Crippen molar-refractivity contribution in [2.45, 2.75) is 25.9 Å².